The molecule has 4 heteroatoms. The van der Waals surface area contributed by atoms with Crippen LogP contribution in [0.1, 0.15) is 61.8 Å². The highest BCUT2D eigenvalue weighted by atomic mass is 16.7. The Morgan fingerprint density at radius 3 is 2.87 bits per heavy atom. The van der Waals surface area contributed by atoms with Crippen LogP contribution in [0.2, 0.25) is 0 Å². The molecule has 1 aromatic carbocycles. The fourth-order valence-corrected chi connectivity index (χ4v) is 3.96. The Hall–Kier alpha value is -0.940. The minimum Gasteiger partial charge on any atom is -0.372 e. The molecule has 1 spiro atoms. The zero-order chi connectivity index (χ0) is 15.7. The van der Waals surface area contributed by atoms with Crippen LogP contribution in [0, 0.1) is 0 Å². The Balaban J connectivity index is 1.31. The van der Waals surface area contributed by atoms with Crippen molar-refractivity contribution in [2.24, 2.45) is 0 Å². The second-order valence-electron chi connectivity index (χ2n) is 7.17. The zero-order valence-electron chi connectivity index (χ0n) is 14.0. The van der Waals surface area contributed by atoms with Crippen LogP contribution in [0.25, 0.3) is 0 Å². The van der Waals surface area contributed by atoms with Gasteiger partial charge in [-0.1, -0.05) is 24.6 Å². The number of benzene rings is 1. The van der Waals surface area contributed by atoms with Crippen molar-refractivity contribution in [3.8, 4) is 0 Å². The molecule has 1 N–H and O–H groups in total. The van der Waals surface area contributed by atoms with Crippen molar-refractivity contribution in [3.05, 3.63) is 34.9 Å². The van der Waals surface area contributed by atoms with Gasteiger partial charge < -0.3 is 19.5 Å². The molecular formula is C19H27NO3. The first-order chi connectivity index (χ1) is 11.2. The molecule has 23 heavy (non-hydrogen) atoms. The van der Waals surface area contributed by atoms with Gasteiger partial charge >= 0.3 is 0 Å². The van der Waals surface area contributed by atoms with E-state index in [0.717, 1.165) is 39.2 Å². The van der Waals surface area contributed by atoms with E-state index in [-0.39, 0.29) is 11.9 Å². The first kappa shape index (κ1) is 15.6. The van der Waals surface area contributed by atoms with Crippen molar-refractivity contribution in [1.29, 1.82) is 0 Å². The lowest BCUT2D eigenvalue weighted by Gasteiger charge is -2.31. The molecule has 1 aromatic rings. The number of fused-ring (bicyclic) bond motifs is 1. The largest absolute Gasteiger partial charge is 0.372 e. The smallest absolute Gasteiger partial charge is 0.168 e. The third-order valence-corrected chi connectivity index (χ3v) is 5.43. The molecule has 0 bridgehead atoms. The highest BCUT2D eigenvalue weighted by Gasteiger charge is 2.42. The highest BCUT2D eigenvalue weighted by molar-refractivity contribution is 5.34. The fourth-order valence-electron chi connectivity index (χ4n) is 3.96. The second kappa shape index (κ2) is 6.52. The van der Waals surface area contributed by atoms with Crippen LogP contribution < -0.4 is 5.32 Å². The van der Waals surface area contributed by atoms with Gasteiger partial charge in [0.05, 0.1) is 25.9 Å². The van der Waals surface area contributed by atoms with E-state index in [1.807, 2.05) is 0 Å². The summed E-state index contributed by atoms with van der Waals surface area (Å²) in [5, 5.41) is 3.61. The van der Waals surface area contributed by atoms with E-state index in [1.54, 1.807) is 0 Å². The van der Waals surface area contributed by atoms with Crippen molar-refractivity contribution in [2.45, 2.75) is 70.2 Å². The van der Waals surface area contributed by atoms with E-state index in [0.29, 0.717) is 6.04 Å². The molecule has 0 amide bonds. The van der Waals surface area contributed by atoms with Gasteiger partial charge in [-0.05, 0) is 36.5 Å². The van der Waals surface area contributed by atoms with E-state index in [2.05, 4.69) is 30.4 Å². The van der Waals surface area contributed by atoms with Gasteiger partial charge in [-0.3, -0.25) is 0 Å². The van der Waals surface area contributed by atoms with Gasteiger partial charge in [0.15, 0.2) is 5.79 Å². The first-order valence-corrected chi connectivity index (χ1v) is 8.99. The summed E-state index contributed by atoms with van der Waals surface area (Å²) < 4.78 is 17.8. The van der Waals surface area contributed by atoms with E-state index < -0.39 is 0 Å². The Bertz CT molecular complexity index is 554. The molecule has 1 saturated carbocycles. The lowest BCUT2D eigenvalue weighted by Crippen LogP contribution is -2.36. The van der Waals surface area contributed by atoms with Crippen LogP contribution in [-0.2, 0) is 27.4 Å². The van der Waals surface area contributed by atoms with Crippen molar-refractivity contribution < 1.29 is 14.2 Å². The molecule has 0 unspecified atom stereocenters. The molecular weight excluding hydrogens is 290 g/mol. The van der Waals surface area contributed by atoms with Gasteiger partial charge in [0.1, 0.15) is 0 Å². The molecule has 1 aliphatic carbocycles. The third-order valence-electron chi connectivity index (χ3n) is 5.43. The van der Waals surface area contributed by atoms with Gasteiger partial charge in [-0.15, -0.1) is 0 Å². The molecule has 2 fully saturated rings. The van der Waals surface area contributed by atoms with Crippen LogP contribution in [0.15, 0.2) is 18.2 Å². The van der Waals surface area contributed by atoms with Crippen molar-refractivity contribution in [2.75, 3.05) is 13.2 Å². The van der Waals surface area contributed by atoms with Gasteiger partial charge in [0, 0.05) is 25.4 Å². The van der Waals surface area contributed by atoms with Crippen LogP contribution in [0.4, 0.5) is 0 Å². The summed E-state index contributed by atoms with van der Waals surface area (Å²) >= 11 is 0. The molecule has 3 aliphatic rings. The Morgan fingerprint density at radius 1 is 1.17 bits per heavy atom. The normalized spacial score (nSPS) is 27.3. The highest BCUT2D eigenvalue weighted by Crippen LogP contribution is 2.37. The molecule has 2 atom stereocenters. The summed E-state index contributed by atoms with van der Waals surface area (Å²) in [4.78, 5) is 0. The molecule has 0 aromatic heterocycles. The Kier molecular flexibility index (Phi) is 4.41. The zero-order valence-corrected chi connectivity index (χ0v) is 14.0. The summed E-state index contributed by atoms with van der Waals surface area (Å²) in [6.07, 6.45) is 6.07. The van der Waals surface area contributed by atoms with Crippen LogP contribution >= 0.6 is 0 Å². The SMILES string of the molecule is C[C@H](NC[C@H]1COC2(CCCCC2)O1)c1ccc2c(c1)COC2. The average Bonchev–Trinajstić information content (AvgIpc) is 3.20. The van der Waals surface area contributed by atoms with Crippen LogP contribution in [0.5, 0.6) is 0 Å². The first-order valence-electron chi connectivity index (χ1n) is 8.99. The monoisotopic (exact) mass is 317 g/mol. The fraction of sp³-hybridized carbons (Fsp3) is 0.684. The van der Waals surface area contributed by atoms with Crippen molar-refractivity contribution in [1.82, 2.24) is 5.32 Å². The number of hydrogen-bond acceptors (Lipinski definition) is 4. The van der Waals surface area contributed by atoms with Crippen molar-refractivity contribution in [3.63, 3.8) is 0 Å². The molecule has 4 nitrogen and oxygen atoms in total. The topological polar surface area (TPSA) is 39.7 Å². The molecule has 2 heterocycles. The minimum absolute atomic E-state index is 0.174. The van der Waals surface area contributed by atoms with Gasteiger partial charge in [0.2, 0.25) is 0 Å². The molecule has 126 valence electrons. The number of hydrogen-bond donors (Lipinski definition) is 1. The number of nitrogens with one attached hydrogen (secondary N) is 1. The van der Waals surface area contributed by atoms with Crippen LogP contribution in [0.3, 0.4) is 0 Å². The van der Waals surface area contributed by atoms with Crippen molar-refractivity contribution >= 4 is 0 Å². The number of rotatable bonds is 4. The summed E-state index contributed by atoms with van der Waals surface area (Å²) in [6, 6.07) is 6.99. The lowest BCUT2D eigenvalue weighted by atomic mass is 9.94. The van der Waals surface area contributed by atoms with Crippen LogP contribution in [-0.4, -0.2) is 25.0 Å². The van der Waals surface area contributed by atoms with E-state index in [1.165, 1.54) is 36.0 Å². The molecule has 1 saturated heterocycles. The van der Waals surface area contributed by atoms with Gasteiger partial charge in [-0.2, -0.15) is 0 Å². The minimum atomic E-state index is -0.265. The molecule has 2 aliphatic heterocycles. The Morgan fingerprint density at radius 2 is 2.00 bits per heavy atom. The standard InChI is InChI=1S/C19H27NO3/c1-14(15-5-6-16-11-21-12-17(16)9-15)20-10-18-13-22-19(23-18)7-3-2-4-8-19/h5-6,9,14,18,20H,2-4,7-8,10-13H2,1H3/t14-,18-/m0/s1. The maximum Gasteiger partial charge on any atom is 0.168 e. The third kappa shape index (κ3) is 3.31. The molecule has 4 rings (SSSR count). The predicted octanol–water partition coefficient (Wildman–Crippen LogP) is 3.44. The summed E-state index contributed by atoms with van der Waals surface area (Å²) in [6.45, 7) is 5.28. The average molecular weight is 317 g/mol. The van der Waals surface area contributed by atoms with Gasteiger partial charge in [-0.25, -0.2) is 0 Å². The summed E-state index contributed by atoms with van der Waals surface area (Å²) in [5.41, 5.74) is 3.98. The van der Waals surface area contributed by atoms with E-state index in [9.17, 15) is 0 Å². The quantitative estimate of drug-likeness (QED) is 0.923. The second-order valence-corrected chi connectivity index (χ2v) is 7.17. The van der Waals surface area contributed by atoms with E-state index in [4.69, 9.17) is 14.2 Å². The predicted molar refractivity (Wildman–Crippen MR) is 88.0 cm³/mol. The number of ether oxygens (including phenoxy) is 3. The Labute approximate surface area is 138 Å². The lowest BCUT2D eigenvalue weighted by molar-refractivity contribution is -0.186. The maximum atomic E-state index is 6.25. The van der Waals surface area contributed by atoms with Gasteiger partial charge in [0.25, 0.3) is 0 Å². The molecule has 0 radical (unpaired) electrons. The maximum absolute atomic E-state index is 6.25. The summed E-state index contributed by atoms with van der Waals surface area (Å²) in [5.74, 6) is -0.265. The summed E-state index contributed by atoms with van der Waals surface area (Å²) in [7, 11) is 0. The van der Waals surface area contributed by atoms with E-state index >= 15 is 0 Å².